The highest BCUT2D eigenvalue weighted by Crippen LogP contribution is 2.29. The zero-order valence-electron chi connectivity index (χ0n) is 8.82. The maximum absolute atomic E-state index is 13.1. The summed E-state index contributed by atoms with van der Waals surface area (Å²) in [6.45, 7) is 0.886. The summed E-state index contributed by atoms with van der Waals surface area (Å²) in [4.78, 5) is 4.09. The van der Waals surface area contributed by atoms with Gasteiger partial charge in [-0.2, -0.15) is 0 Å². The molecule has 0 N–H and O–H groups in total. The molecule has 0 spiro atoms. The maximum Gasteiger partial charge on any atom is 0.270 e. The Bertz CT molecular complexity index is 475. The van der Waals surface area contributed by atoms with Gasteiger partial charge in [-0.1, -0.05) is 30.3 Å². The molecule has 0 bridgehead atoms. The van der Waals surface area contributed by atoms with Crippen molar-refractivity contribution in [1.29, 1.82) is 0 Å². The molecule has 0 aliphatic heterocycles. The summed E-state index contributed by atoms with van der Waals surface area (Å²) in [6.07, 6.45) is 1.41. The van der Waals surface area contributed by atoms with Crippen molar-refractivity contribution in [1.82, 2.24) is 4.98 Å². The summed E-state index contributed by atoms with van der Waals surface area (Å²) in [6, 6.07) is 12.0. The van der Waals surface area contributed by atoms with Gasteiger partial charge < -0.3 is 0 Å². The molecule has 82 valence electrons. The van der Waals surface area contributed by atoms with E-state index < -0.39 is 5.92 Å². The molecule has 1 nitrogen and oxygen atoms in total. The minimum atomic E-state index is -2.83. The van der Waals surface area contributed by atoms with Gasteiger partial charge in [0, 0.05) is 24.2 Å². The van der Waals surface area contributed by atoms with Gasteiger partial charge in [-0.05, 0) is 12.1 Å². The van der Waals surface area contributed by atoms with E-state index in [1.807, 2.05) is 30.3 Å². The first-order valence-electron chi connectivity index (χ1n) is 4.97. The fraction of sp³-hybridized carbons (Fsp3) is 0.154. The minimum absolute atomic E-state index is 0.0126. The molecule has 0 aliphatic carbocycles. The second-order valence-corrected chi connectivity index (χ2v) is 3.68. The third-order valence-electron chi connectivity index (χ3n) is 2.34. The largest absolute Gasteiger partial charge is 0.270 e. The Labute approximate surface area is 92.8 Å². The Hall–Kier alpha value is -1.77. The molecule has 0 atom stereocenters. The standard InChI is InChI=1S/C13H11F2N/c1-13(14,15)11-7-8-16-12(9-11)10-5-3-2-4-6-10/h2-9H,1H3. The average molecular weight is 219 g/mol. The van der Waals surface area contributed by atoms with Gasteiger partial charge in [0.05, 0.1) is 5.69 Å². The van der Waals surface area contributed by atoms with Crippen molar-refractivity contribution in [2.45, 2.75) is 12.8 Å². The number of nitrogens with zero attached hydrogens (tertiary/aromatic N) is 1. The van der Waals surface area contributed by atoms with Crippen molar-refractivity contribution in [3.8, 4) is 11.3 Å². The molecule has 16 heavy (non-hydrogen) atoms. The van der Waals surface area contributed by atoms with Crippen LogP contribution in [-0.2, 0) is 5.92 Å². The topological polar surface area (TPSA) is 12.9 Å². The number of benzene rings is 1. The molecule has 0 fully saturated rings. The number of halogens is 2. The molecular formula is C13H11F2N. The Morgan fingerprint density at radius 3 is 2.38 bits per heavy atom. The van der Waals surface area contributed by atoms with Gasteiger partial charge >= 0.3 is 0 Å². The first kappa shape index (κ1) is 10.7. The second kappa shape index (κ2) is 4.00. The van der Waals surface area contributed by atoms with E-state index in [9.17, 15) is 8.78 Å². The number of hydrogen-bond donors (Lipinski definition) is 0. The van der Waals surface area contributed by atoms with Gasteiger partial charge in [0.1, 0.15) is 0 Å². The van der Waals surface area contributed by atoms with Crippen LogP contribution in [-0.4, -0.2) is 4.98 Å². The van der Waals surface area contributed by atoms with Crippen LogP contribution >= 0.6 is 0 Å². The molecule has 2 rings (SSSR count). The van der Waals surface area contributed by atoms with Gasteiger partial charge in [-0.25, -0.2) is 8.78 Å². The number of hydrogen-bond acceptors (Lipinski definition) is 1. The summed E-state index contributed by atoms with van der Waals surface area (Å²) in [5.74, 6) is -2.83. The van der Waals surface area contributed by atoms with E-state index in [-0.39, 0.29) is 5.56 Å². The number of alkyl halides is 2. The van der Waals surface area contributed by atoms with Gasteiger partial charge in [0.2, 0.25) is 0 Å². The molecule has 0 aliphatic rings. The number of rotatable bonds is 2. The molecule has 3 heteroatoms. The zero-order valence-corrected chi connectivity index (χ0v) is 8.82. The van der Waals surface area contributed by atoms with E-state index in [4.69, 9.17) is 0 Å². The smallest absolute Gasteiger partial charge is 0.256 e. The van der Waals surface area contributed by atoms with Crippen molar-refractivity contribution in [3.05, 3.63) is 54.2 Å². The van der Waals surface area contributed by atoms with Gasteiger partial charge in [0.25, 0.3) is 5.92 Å². The van der Waals surface area contributed by atoms with Crippen LogP contribution in [0.3, 0.4) is 0 Å². The Balaban J connectivity index is 2.45. The fourth-order valence-electron chi connectivity index (χ4n) is 1.47. The highest BCUT2D eigenvalue weighted by Gasteiger charge is 2.24. The first-order valence-corrected chi connectivity index (χ1v) is 4.97. The summed E-state index contributed by atoms with van der Waals surface area (Å²) in [7, 11) is 0. The molecule has 1 heterocycles. The Morgan fingerprint density at radius 1 is 1.06 bits per heavy atom. The molecular weight excluding hydrogens is 208 g/mol. The van der Waals surface area contributed by atoms with E-state index in [0.717, 1.165) is 12.5 Å². The van der Waals surface area contributed by atoms with Crippen LogP contribution in [0.15, 0.2) is 48.7 Å². The lowest BCUT2D eigenvalue weighted by Crippen LogP contribution is -2.07. The summed E-state index contributed by atoms with van der Waals surface area (Å²) in [5.41, 5.74) is 1.40. The third-order valence-corrected chi connectivity index (χ3v) is 2.34. The second-order valence-electron chi connectivity index (χ2n) is 3.68. The fourth-order valence-corrected chi connectivity index (χ4v) is 1.47. The van der Waals surface area contributed by atoms with Crippen molar-refractivity contribution in [2.75, 3.05) is 0 Å². The van der Waals surface area contributed by atoms with Crippen LogP contribution < -0.4 is 0 Å². The van der Waals surface area contributed by atoms with Crippen LogP contribution in [0.5, 0.6) is 0 Å². The van der Waals surface area contributed by atoms with E-state index in [1.54, 1.807) is 0 Å². The lowest BCUT2D eigenvalue weighted by Gasteiger charge is -2.11. The van der Waals surface area contributed by atoms with Crippen molar-refractivity contribution >= 4 is 0 Å². The first-order chi connectivity index (χ1) is 7.57. The summed E-state index contributed by atoms with van der Waals surface area (Å²) >= 11 is 0. The zero-order chi connectivity index (χ0) is 11.6. The lowest BCUT2D eigenvalue weighted by molar-refractivity contribution is 0.0174. The van der Waals surface area contributed by atoms with Gasteiger partial charge in [0.15, 0.2) is 0 Å². The van der Waals surface area contributed by atoms with E-state index >= 15 is 0 Å². The number of aromatic nitrogens is 1. The normalized spacial score (nSPS) is 11.4. The summed E-state index contributed by atoms with van der Waals surface area (Å²) < 4.78 is 26.2. The van der Waals surface area contributed by atoms with Gasteiger partial charge in [-0.15, -0.1) is 0 Å². The van der Waals surface area contributed by atoms with Gasteiger partial charge in [-0.3, -0.25) is 4.98 Å². The monoisotopic (exact) mass is 219 g/mol. The quantitative estimate of drug-likeness (QED) is 0.747. The van der Waals surface area contributed by atoms with E-state index in [0.29, 0.717) is 5.69 Å². The van der Waals surface area contributed by atoms with E-state index in [2.05, 4.69) is 4.98 Å². The predicted octanol–water partition coefficient (Wildman–Crippen LogP) is 3.86. The molecule has 0 saturated heterocycles. The third kappa shape index (κ3) is 2.24. The van der Waals surface area contributed by atoms with Crippen molar-refractivity contribution in [3.63, 3.8) is 0 Å². The predicted molar refractivity (Wildman–Crippen MR) is 59.2 cm³/mol. The van der Waals surface area contributed by atoms with Crippen molar-refractivity contribution in [2.24, 2.45) is 0 Å². The average Bonchev–Trinajstić information content (AvgIpc) is 2.29. The van der Waals surface area contributed by atoms with Crippen LogP contribution in [0.25, 0.3) is 11.3 Å². The van der Waals surface area contributed by atoms with E-state index in [1.165, 1.54) is 18.3 Å². The van der Waals surface area contributed by atoms with Crippen LogP contribution in [0.2, 0.25) is 0 Å². The molecule has 0 saturated carbocycles. The molecule has 0 amide bonds. The minimum Gasteiger partial charge on any atom is -0.256 e. The molecule has 1 aromatic heterocycles. The molecule has 0 unspecified atom stereocenters. The highest BCUT2D eigenvalue weighted by molar-refractivity contribution is 5.59. The Kier molecular flexibility index (Phi) is 2.69. The maximum atomic E-state index is 13.1. The van der Waals surface area contributed by atoms with Crippen molar-refractivity contribution < 1.29 is 8.78 Å². The summed E-state index contributed by atoms with van der Waals surface area (Å²) in [5, 5.41) is 0. The molecule has 2 aromatic rings. The SMILES string of the molecule is CC(F)(F)c1ccnc(-c2ccccc2)c1. The Morgan fingerprint density at radius 2 is 1.75 bits per heavy atom. The van der Waals surface area contributed by atoms with Crippen LogP contribution in [0.1, 0.15) is 12.5 Å². The van der Waals surface area contributed by atoms with Crippen LogP contribution in [0, 0.1) is 0 Å². The van der Waals surface area contributed by atoms with Crippen LogP contribution in [0.4, 0.5) is 8.78 Å². The molecule has 1 aromatic carbocycles. The lowest BCUT2D eigenvalue weighted by atomic mass is 10.1. The molecule has 0 radical (unpaired) electrons. The highest BCUT2D eigenvalue weighted by atomic mass is 19.3. The number of pyridine rings is 1.